The molecular formula is C22H24N4O2. The van der Waals surface area contributed by atoms with E-state index in [4.69, 9.17) is 9.84 Å². The molecule has 3 aromatic rings. The normalized spacial score (nSPS) is 16.5. The molecule has 0 radical (unpaired) electrons. The lowest BCUT2D eigenvalue weighted by Crippen LogP contribution is -2.45. The summed E-state index contributed by atoms with van der Waals surface area (Å²) in [6.45, 7) is 1.81. The van der Waals surface area contributed by atoms with E-state index in [2.05, 4.69) is 10.6 Å². The Labute approximate surface area is 164 Å². The molecular weight excluding hydrogens is 352 g/mol. The van der Waals surface area contributed by atoms with Crippen LogP contribution in [-0.4, -0.2) is 41.9 Å². The Morgan fingerprint density at radius 3 is 2.82 bits per heavy atom. The van der Waals surface area contributed by atoms with Crippen molar-refractivity contribution < 1.29 is 9.53 Å². The largest absolute Gasteiger partial charge is 0.497 e. The van der Waals surface area contributed by atoms with Gasteiger partial charge in [-0.1, -0.05) is 30.3 Å². The number of amides is 1. The first kappa shape index (κ1) is 18.3. The van der Waals surface area contributed by atoms with Crippen LogP contribution in [-0.2, 0) is 0 Å². The lowest BCUT2D eigenvalue weighted by Gasteiger charge is -2.23. The van der Waals surface area contributed by atoms with Crippen molar-refractivity contribution in [3.8, 4) is 22.7 Å². The number of nitrogens with one attached hydrogen (secondary N) is 2. The van der Waals surface area contributed by atoms with Crippen LogP contribution < -0.4 is 15.4 Å². The Hall–Kier alpha value is -3.12. The van der Waals surface area contributed by atoms with Crippen LogP contribution in [0, 0.1) is 0 Å². The summed E-state index contributed by atoms with van der Waals surface area (Å²) in [5.41, 5.74) is 2.96. The standard InChI is InChI=1S/C22H24N4O2/c1-28-19-11-5-7-16(13-19)21-20(22(27)24-17-8-6-12-23-14-17)15-26(25-21)18-9-3-2-4-10-18/h2-5,7,9-11,13,15,17,23H,6,8,12,14H2,1H3,(H,24,27)/t17-/m0/s1. The summed E-state index contributed by atoms with van der Waals surface area (Å²) < 4.78 is 7.10. The quantitative estimate of drug-likeness (QED) is 0.718. The van der Waals surface area contributed by atoms with Gasteiger partial charge in [-0.15, -0.1) is 0 Å². The third-order valence-electron chi connectivity index (χ3n) is 4.95. The topological polar surface area (TPSA) is 68.2 Å². The zero-order valence-electron chi connectivity index (χ0n) is 15.9. The molecule has 1 saturated heterocycles. The zero-order valence-corrected chi connectivity index (χ0v) is 15.9. The minimum absolute atomic E-state index is 0.103. The van der Waals surface area contributed by atoms with Gasteiger partial charge >= 0.3 is 0 Å². The van der Waals surface area contributed by atoms with E-state index < -0.39 is 0 Å². The van der Waals surface area contributed by atoms with Crippen LogP contribution in [0.5, 0.6) is 5.75 Å². The molecule has 2 N–H and O–H groups in total. The van der Waals surface area contributed by atoms with Crippen LogP contribution >= 0.6 is 0 Å². The van der Waals surface area contributed by atoms with Crippen molar-refractivity contribution >= 4 is 5.91 Å². The third-order valence-corrected chi connectivity index (χ3v) is 4.95. The lowest BCUT2D eigenvalue weighted by atomic mass is 10.0. The van der Waals surface area contributed by atoms with Gasteiger partial charge in [-0.2, -0.15) is 5.10 Å². The van der Waals surface area contributed by atoms with Gasteiger partial charge in [0.25, 0.3) is 5.91 Å². The van der Waals surface area contributed by atoms with Crippen LogP contribution in [0.25, 0.3) is 16.9 Å². The maximum Gasteiger partial charge on any atom is 0.255 e. The Morgan fingerprint density at radius 2 is 2.07 bits per heavy atom. The van der Waals surface area contributed by atoms with Crippen molar-refractivity contribution in [1.29, 1.82) is 0 Å². The van der Waals surface area contributed by atoms with Crippen LogP contribution in [0.15, 0.2) is 60.8 Å². The fraction of sp³-hybridized carbons (Fsp3) is 0.273. The molecule has 144 valence electrons. The molecule has 0 spiro atoms. The molecule has 1 fully saturated rings. The van der Waals surface area contributed by atoms with Gasteiger partial charge in [-0.3, -0.25) is 4.79 Å². The van der Waals surface area contributed by atoms with Crippen molar-refractivity contribution in [2.45, 2.75) is 18.9 Å². The molecule has 2 aromatic carbocycles. The molecule has 1 amide bonds. The molecule has 0 bridgehead atoms. The molecule has 6 heteroatoms. The summed E-state index contributed by atoms with van der Waals surface area (Å²) in [7, 11) is 1.63. The highest BCUT2D eigenvalue weighted by molar-refractivity contribution is 6.00. The maximum absolute atomic E-state index is 13.1. The van der Waals surface area contributed by atoms with E-state index in [9.17, 15) is 4.79 Å². The highest BCUT2D eigenvalue weighted by atomic mass is 16.5. The number of carbonyl (C=O) groups is 1. The molecule has 28 heavy (non-hydrogen) atoms. The number of rotatable bonds is 5. The van der Waals surface area contributed by atoms with E-state index in [1.54, 1.807) is 18.0 Å². The fourth-order valence-corrected chi connectivity index (χ4v) is 3.47. The number of piperidine rings is 1. The molecule has 0 aliphatic carbocycles. The lowest BCUT2D eigenvalue weighted by molar-refractivity contribution is 0.0931. The number of aromatic nitrogens is 2. The molecule has 1 aromatic heterocycles. The SMILES string of the molecule is COc1cccc(-c2nn(-c3ccccc3)cc2C(=O)N[C@H]2CCCNC2)c1. The van der Waals surface area contributed by atoms with Gasteiger partial charge in [0, 0.05) is 24.3 Å². The first-order chi connectivity index (χ1) is 13.7. The molecule has 2 heterocycles. The van der Waals surface area contributed by atoms with Gasteiger partial charge < -0.3 is 15.4 Å². The van der Waals surface area contributed by atoms with Crippen LogP contribution in [0.3, 0.4) is 0 Å². The second-order valence-corrected chi connectivity index (χ2v) is 6.92. The number of nitrogens with zero attached hydrogens (tertiary/aromatic N) is 2. The molecule has 1 aliphatic rings. The van der Waals surface area contributed by atoms with Crippen LogP contribution in [0.2, 0.25) is 0 Å². The van der Waals surface area contributed by atoms with E-state index in [1.807, 2.05) is 54.6 Å². The first-order valence-corrected chi connectivity index (χ1v) is 9.55. The van der Waals surface area contributed by atoms with Crippen LogP contribution in [0.4, 0.5) is 0 Å². The average Bonchev–Trinajstić information content (AvgIpc) is 3.21. The van der Waals surface area contributed by atoms with Gasteiger partial charge in [-0.25, -0.2) is 4.68 Å². The third kappa shape index (κ3) is 3.92. The zero-order chi connectivity index (χ0) is 19.3. The predicted octanol–water partition coefficient (Wildman–Crippen LogP) is 3.03. The van der Waals surface area contributed by atoms with E-state index in [0.717, 1.165) is 42.9 Å². The number of benzene rings is 2. The maximum atomic E-state index is 13.1. The van der Waals surface area contributed by atoms with Crippen molar-refractivity contribution in [3.05, 3.63) is 66.4 Å². The monoisotopic (exact) mass is 376 g/mol. The molecule has 1 atom stereocenters. The summed E-state index contributed by atoms with van der Waals surface area (Å²) in [5.74, 6) is 0.628. The van der Waals surface area contributed by atoms with Crippen molar-refractivity contribution in [3.63, 3.8) is 0 Å². The van der Waals surface area contributed by atoms with Gasteiger partial charge in [0.15, 0.2) is 0 Å². The number of carbonyl (C=O) groups excluding carboxylic acids is 1. The average molecular weight is 376 g/mol. The number of ether oxygens (including phenoxy) is 1. The first-order valence-electron chi connectivity index (χ1n) is 9.55. The van der Waals surface area contributed by atoms with Gasteiger partial charge in [0.1, 0.15) is 11.4 Å². The molecule has 1 aliphatic heterocycles. The highest BCUT2D eigenvalue weighted by Gasteiger charge is 2.22. The van der Waals surface area contributed by atoms with E-state index in [-0.39, 0.29) is 11.9 Å². The van der Waals surface area contributed by atoms with Crippen molar-refractivity contribution in [2.75, 3.05) is 20.2 Å². The smallest absolute Gasteiger partial charge is 0.255 e. The van der Waals surface area contributed by atoms with Crippen molar-refractivity contribution in [2.24, 2.45) is 0 Å². The predicted molar refractivity (Wildman–Crippen MR) is 109 cm³/mol. The number of para-hydroxylation sites is 1. The van der Waals surface area contributed by atoms with Crippen LogP contribution in [0.1, 0.15) is 23.2 Å². The summed E-state index contributed by atoms with van der Waals surface area (Å²) in [6, 6.07) is 17.6. The van der Waals surface area contributed by atoms with E-state index in [1.165, 1.54) is 0 Å². The summed E-state index contributed by atoms with van der Waals surface area (Å²) in [6.07, 6.45) is 3.85. The summed E-state index contributed by atoms with van der Waals surface area (Å²) in [5, 5.41) is 11.2. The minimum Gasteiger partial charge on any atom is -0.497 e. The van der Waals surface area contributed by atoms with E-state index in [0.29, 0.717) is 11.3 Å². The number of hydrogen-bond donors (Lipinski definition) is 2. The number of hydrogen-bond acceptors (Lipinski definition) is 4. The Kier molecular flexibility index (Phi) is 5.39. The Bertz CT molecular complexity index is 946. The second-order valence-electron chi connectivity index (χ2n) is 6.92. The molecule has 0 saturated carbocycles. The van der Waals surface area contributed by atoms with E-state index >= 15 is 0 Å². The van der Waals surface area contributed by atoms with Gasteiger partial charge in [0.05, 0.1) is 18.4 Å². The Balaban J connectivity index is 1.72. The second kappa shape index (κ2) is 8.27. The highest BCUT2D eigenvalue weighted by Crippen LogP contribution is 2.27. The molecule has 0 unspecified atom stereocenters. The Morgan fingerprint density at radius 1 is 1.21 bits per heavy atom. The number of methoxy groups -OCH3 is 1. The van der Waals surface area contributed by atoms with Crippen molar-refractivity contribution in [1.82, 2.24) is 20.4 Å². The molecule has 6 nitrogen and oxygen atoms in total. The van der Waals surface area contributed by atoms with Gasteiger partial charge in [0.2, 0.25) is 0 Å². The fourth-order valence-electron chi connectivity index (χ4n) is 3.47. The summed E-state index contributed by atoms with van der Waals surface area (Å²) in [4.78, 5) is 13.1. The molecule has 4 rings (SSSR count). The summed E-state index contributed by atoms with van der Waals surface area (Å²) >= 11 is 0. The minimum atomic E-state index is -0.103. The van der Waals surface area contributed by atoms with Gasteiger partial charge in [-0.05, 0) is 43.7 Å².